The average Bonchev–Trinajstić information content (AvgIpc) is 2.42. The highest BCUT2D eigenvalue weighted by atomic mass is 79.9. The first-order chi connectivity index (χ1) is 9.92. The Bertz CT molecular complexity index is 675. The quantitative estimate of drug-likeness (QED) is 0.582. The number of carbonyl (C=O) groups is 1. The molecule has 0 aliphatic rings. The van der Waals surface area contributed by atoms with E-state index in [1.165, 1.54) is 0 Å². The Hall–Kier alpha value is -1.85. The van der Waals surface area contributed by atoms with Gasteiger partial charge in [0.25, 0.3) is 5.91 Å². The van der Waals surface area contributed by atoms with Crippen LogP contribution in [0.2, 0.25) is 0 Å². The molecule has 0 aliphatic carbocycles. The molecule has 0 spiro atoms. The highest BCUT2D eigenvalue weighted by molar-refractivity contribution is 9.10. The molecular formula is C16H18BrN3O. The Morgan fingerprint density at radius 3 is 2.38 bits per heavy atom. The zero-order valence-electron chi connectivity index (χ0n) is 12.3. The summed E-state index contributed by atoms with van der Waals surface area (Å²) in [5.41, 5.74) is 7.80. The lowest BCUT2D eigenvalue weighted by Gasteiger charge is -2.13. The number of benzene rings is 2. The molecule has 0 aromatic heterocycles. The number of nitrogens with one attached hydrogen (secondary N) is 2. The van der Waals surface area contributed by atoms with Gasteiger partial charge in [0.1, 0.15) is 0 Å². The second-order valence-electron chi connectivity index (χ2n) is 5.07. The maximum atomic E-state index is 12.4. The summed E-state index contributed by atoms with van der Waals surface area (Å²) in [6, 6.07) is 9.40. The number of aryl methyl sites for hydroxylation is 3. The fourth-order valence-electron chi connectivity index (χ4n) is 2.26. The van der Waals surface area contributed by atoms with E-state index >= 15 is 0 Å². The largest absolute Gasteiger partial charge is 0.324 e. The molecule has 0 heterocycles. The molecule has 0 unspecified atom stereocenters. The molecule has 5 heteroatoms. The first kappa shape index (κ1) is 15.5. The lowest BCUT2D eigenvalue weighted by molar-refractivity contribution is 0.102. The molecule has 2 rings (SSSR count). The van der Waals surface area contributed by atoms with Gasteiger partial charge in [-0.15, -0.1) is 0 Å². The van der Waals surface area contributed by atoms with Crippen molar-refractivity contribution in [1.29, 1.82) is 0 Å². The lowest BCUT2D eigenvalue weighted by atomic mass is 10.1. The Kier molecular flexibility index (Phi) is 4.65. The third kappa shape index (κ3) is 3.43. The smallest absolute Gasteiger partial charge is 0.255 e. The first-order valence-electron chi connectivity index (χ1n) is 6.57. The molecule has 0 saturated heterocycles. The fraction of sp³-hybridized carbons (Fsp3) is 0.188. The van der Waals surface area contributed by atoms with Crippen LogP contribution >= 0.6 is 15.9 Å². The van der Waals surface area contributed by atoms with Crippen molar-refractivity contribution in [2.24, 2.45) is 5.84 Å². The van der Waals surface area contributed by atoms with Crippen molar-refractivity contribution in [1.82, 2.24) is 0 Å². The van der Waals surface area contributed by atoms with Gasteiger partial charge in [-0.05, 0) is 77.7 Å². The molecule has 2 aromatic rings. The van der Waals surface area contributed by atoms with Crippen LogP contribution in [0.25, 0.3) is 0 Å². The number of amides is 1. The van der Waals surface area contributed by atoms with Crippen molar-refractivity contribution in [3.05, 3.63) is 57.1 Å². The van der Waals surface area contributed by atoms with Gasteiger partial charge in [0.2, 0.25) is 0 Å². The van der Waals surface area contributed by atoms with Crippen LogP contribution in [0.15, 0.2) is 34.8 Å². The van der Waals surface area contributed by atoms with Gasteiger partial charge in [-0.3, -0.25) is 10.6 Å². The van der Waals surface area contributed by atoms with Crippen LogP contribution in [0.3, 0.4) is 0 Å². The van der Waals surface area contributed by atoms with Crippen LogP contribution in [0.1, 0.15) is 27.0 Å². The average molecular weight is 348 g/mol. The predicted octanol–water partition coefficient (Wildman–Crippen LogP) is 3.91. The normalized spacial score (nSPS) is 10.3. The van der Waals surface area contributed by atoms with E-state index in [2.05, 4.69) is 26.7 Å². The molecule has 0 bridgehead atoms. The van der Waals surface area contributed by atoms with Crippen LogP contribution in [0.5, 0.6) is 0 Å². The van der Waals surface area contributed by atoms with Crippen LogP contribution in [-0.2, 0) is 0 Å². The third-order valence-electron chi connectivity index (χ3n) is 3.31. The Morgan fingerprint density at radius 1 is 1.10 bits per heavy atom. The molecule has 0 aliphatic heterocycles. The Morgan fingerprint density at radius 2 is 1.81 bits per heavy atom. The third-order valence-corrected chi connectivity index (χ3v) is 3.93. The molecule has 21 heavy (non-hydrogen) atoms. The van der Waals surface area contributed by atoms with E-state index in [1.54, 1.807) is 12.1 Å². The molecule has 4 N–H and O–H groups in total. The van der Waals surface area contributed by atoms with Crippen LogP contribution in [0, 0.1) is 20.8 Å². The lowest BCUT2D eigenvalue weighted by Crippen LogP contribution is -2.15. The van der Waals surface area contributed by atoms with Gasteiger partial charge in [0.05, 0.1) is 5.69 Å². The van der Waals surface area contributed by atoms with E-state index in [4.69, 9.17) is 5.84 Å². The monoisotopic (exact) mass is 347 g/mol. The number of anilines is 2. The molecular weight excluding hydrogens is 330 g/mol. The molecule has 2 aromatic carbocycles. The molecule has 4 nitrogen and oxygen atoms in total. The number of nitrogen functional groups attached to an aromatic ring is 1. The first-order valence-corrected chi connectivity index (χ1v) is 7.37. The summed E-state index contributed by atoms with van der Waals surface area (Å²) in [7, 11) is 0. The molecule has 0 fully saturated rings. The molecule has 0 saturated carbocycles. The van der Waals surface area contributed by atoms with Gasteiger partial charge in [-0.25, -0.2) is 0 Å². The van der Waals surface area contributed by atoms with Crippen LogP contribution < -0.4 is 16.6 Å². The second-order valence-corrected chi connectivity index (χ2v) is 5.92. The SMILES string of the molecule is Cc1cc(C)c(NC(=O)c2ccc(NN)cc2C)c(Br)c1. The molecule has 1 amide bonds. The van der Waals surface area contributed by atoms with E-state index in [9.17, 15) is 4.79 Å². The zero-order chi connectivity index (χ0) is 15.6. The van der Waals surface area contributed by atoms with E-state index in [1.807, 2.05) is 39.0 Å². The molecule has 0 atom stereocenters. The Balaban J connectivity index is 2.30. The fourth-order valence-corrected chi connectivity index (χ4v) is 3.04. The van der Waals surface area contributed by atoms with Crippen molar-refractivity contribution in [3.8, 4) is 0 Å². The summed E-state index contributed by atoms with van der Waals surface area (Å²) in [6.07, 6.45) is 0. The highest BCUT2D eigenvalue weighted by Gasteiger charge is 2.13. The van der Waals surface area contributed by atoms with Gasteiger partial charge in [0.15, 0.2) is 0 Å². The van der Waals surface area contributed by atoms with Gasteiger partial charge in [-0.1, -0.05) is 6.07 Å². The second kappa shape index (κ2) is 6.28. The zero-order valence-corrected chi connectivity index (χ0v) is 13.8. The van der Waals surface area contributed by atoms with Crippen molar-refractivity contribution >= 4 is 33.2 Å². The van der Waals surface area contributed by atoms with Gasteiger partial charge in [-0.2, -0.15) is 0 Å². The number of nitrogens with two attached hydrogens (primary N) is 1. The summed E-state index contributed by atoms with van der Waals surface area (Å²) in [5, 5.41) is 2.96. The molecule has 110 valence electrons. The standard InChI is InChI=1S/C16H18BrN3O/c1-9-6-11(3)15(14(17)7-9)19-16(21)13-5-4-12(20-18)8-10(13)2/h4-8,20H,18H2,1-3H3,(H,19,21). The minimum Gasteiger partial charge on any atom is -0.324 e. The van der Waals surface area contributed by atoms with E-state index in [0.717, 1.165) is 32.5 Å². The van der Waals surface area contributed by atoms with E-state index < -0.39 is 0 Å². The number of hydrogen-bond acceptors (Lipinski definition) is 3. The van der Waals surface area contributed by atoms with Gasteiger partial charge >= 0.3 is 0 Å². The number of halogens is 1. The van der Waals surface area contributed by atoms with Crippen molar-refractivity contribution in [2.75, 3.05) is 10.7 Å². The van der Waals surface area contributed by atoms with E-state index in [-0.39, 0.29) is 5.91 Å². The summed E-state index contributed by atoms with van der Waals surface area (Å²) < 4.78 is 0.881. The van der Waals surface area contributed by atoms with E-state index in [0.29, 0.717) is 5.56 Å². The Labute approximate surface area is 132 Å². The predicted molar refractivity (Wildman–Crippen MR) is 90.6 cm³/mol. The summed E-state index contributed by atoms with van der Waals surface area (Å²) >= 11 is 3.50. The topological polar surface area (TPSA) is 67.2 Å². The van der Waals surface area contributed by atoms with Crippen molar-refractivity contribution in [2.45, 2.75) is 20.8 Å². The highest BCUT2D eigenvalue weighted by Crippen LogP contribution is 2.28. The maximum absolute atomic E-state index is 12.4. The minimum absolute atomic E-state index is 0.135. The van der Waals surface area contributed by atoms with Gasteiger partial charge in [0, 0.05) is 15.7 Å². The number of hydrazine groups is 1. The van der Waals surface area contributed by atoms with Crippen molar-refractivity contribution in [3.63, 3.8) is 0 Å². The number of rotatable bonds is 3. The maximum Gasteiger partial charge on any atom is 0.255 e. The van der Waals surface area contributed by atoms with Crippen LogP contribution in [0.4, 0.5) is 11.4 Å². The molecule has 0 radical (unpaired) electrons. The number of carbonyl (C=O) groups excluding carboxylic acids is 1. The summed E-state index contributed by atoms with van der Waals surface area (Å²) in [4.78, 5) is 12.4. The minimum atomic E-state index is -0.135. The van der Waals surface area contributed by atoms with Crippen molar-refractivity contribution < 1.29 is 4.79 Å². The van der Waals surface area contributed by atoms with Crippen LogP contribution in [-0.4, -0.2) is 5.91 Å². The number of hydrogen-bond donors (Lipinski definition) is 3. The summed E-state index contributed by atoms with van der Waals surface area (Å²) in [5.74, 6) is 5.23. The van der Waals surface area contributed by atoms with Gasteiger partial charge < -0.3 is 10.7 Å². The summed E-state index contributed by atoms with van der Waals surface area (Å²) in [6.45, 7) is 5.88.